The van der Waals surface area contributed by atoms with Crippen LogP contribution in [-0.2, 0) is 16.6 Å². The van der Waals surface area contributed by atoms with Gasteiger partial charge in [0.15, 0.2) is 10.9 Å². The average Bonchev–Trinajstić information content (AvgIpc) is 2.97. The van der Waals surface area contributed by atoms with E-state index in [0.29, 0.717) is 22.8 Å². The third-order valence-corrected chi connectivity index (χ3v) is 6.64. The number of Topliss-reactive ketones (excluding diaryl/α,β-unsaturated/α-hetero) is 1. The minimum absolute atomic E-state index is 0.00688. The number of ketones is 1. The number of sulfonamides is 1. The summed E-state index contributed by atoms with van der Waals surface area (Å²) in [7, 11) is -3.79. The third kappa shape index (κ3) is 4.26. The van der Waals surface area contributed by atoms with Gasteiger partial charge in [-0.15, -0.1) is 0 Å². The number of nitrogens with zero attached hydrogens (tertiary/aromatic N) is 2. The van der Waals surface area contributed by atoms with E-state index in [1.807, 2.05) is 30.5 Å². The number of primary sulfonamides is 1. The van der Waals surface area contributed by atoms with E-state index in [4.69, 9.17) is 5.14 Å². The Bertz CT molecular complexity index is 1110. The Hall–Kier alpha value is -1.68. The molecule has 1 aromatic heterocycles. The summed E-state index contributed by atoms with van der Waals surface area (Å²) in [6, 6.07) is 11.9. The van der Waals surface area contributed by atoms with Crippen molar-refractivity contribution >= 4 is 54.5 Å². The van der Waals surface area contributed by atoms with Gasteiger partial charge in [-0.1, -0.05) is 39.8 Å². The number of fused-ring (bicyclic) bond motifs is 1. The molecule has 6 nitrogen and oxygen atoms in total. The molecule has 27 heavy (non-hydrogen) atoms. The topological polar surface area (TPSA) is 95.0 Å². The van der Waals surface area contributed by atoms with Crippen molar-refractivity contribution in [3.63, 3.8) is 0 Å². The molecule has 3 aromatic rings. The number of hydrogen-bond acceptors (Lipinski definition) is 5. The van der Waals surface area contributed by atoms with Crippen LogP contribution in [0.15, 0.2) is 57.0 Å². The number of aryl methyl sites for hydroxylation is 1. The summed E-state index contributed by atoms with van der Waals surface area (Å²) in [5, 5.41) is 5.53. The van der Waals surface area contributed by atoms with Gasteiger partial charge in [-0.05, 0) is 44.2 Å². The molecular weight excluding hydrogens is 450 g/mol. The Morgan fingerprint density at radius 3 is 2.52 bits per heavy atom. The molecule has 0 fully saturated rings. The highest BCUT2D eigenvalue weighted by Gasteiger charge is 2.21. The molecule has 0 bridgehead atoms. The first-order chi connectivity index (χ1) is 12.7. The zero-order valence-corrected chi connectivity index (χ0v) is 17.9. The minimum Gasteiger partial charge on any atom is -0.319 e. The predicted molar refractivity (Wildman–Crippen MR) is 111 cm³/mol. The summed E-state index contributed by atoms with van der Waals surface area (Å²) in [6.45, 7) is 4.46. The van der Waals surface area contributed by atoms with E-state index in [0.717, 1.165) is 9.99 Å². The van der Waals surface area contributed by atoms with Crippen LogP contribution in [0.1, 0.15) is 24.2 Å². The Morgan fingerprint density at radius 2 is 1.93 bits per heavy atom. The van der Waals surface area contributed by atoms with Gasteiger partial charge in [0.25, 0.3) is 0 Å². The van der Waals surface area contributed by atoms with Gasteiger partial charge in [0, 0.05) is 16.6 Å². The number of rotatable bonds is 6. The van der Waals surface area contributed by atoms with E-state index in [-0.39, 0.29) is 15.9 Å². The molecule has 0 aliphatic rings. The average molecular weight is 468 g/mol. The fourth-order valence-electron chi connectivity index (χ4n) is 2.72. The van der Waals surface area contributed by atoms with Gasteiger partial charge in [-0.2, -0.15) is 0 Å². The smallest absolute Gasteiger partial charge is 0.238 e. The van der Waals surface area contributed by atoms with E-state index in [1.165, 1.54) is 23.9 Å². The summed E-state index contributed by atoms with van der Waals surface area (Å²) in [5.41, 5.74) is 1.97. The molecule has 0 saturated heterocycles. The lowest BCUT2D eigenvalue weighted by Gasteiger charge is -2.11. The van der Waals surface area contributed by atoms with Gasteiger partial charge in [0.05, 0.1) is 21.2 Å². The maximum atomic E-state index is 12.7. The van der Waals surface area contributed by atoms with E-state index in [1.54, 1.807) is 18.2 Å². The Labute approximate surface area is 170 Å². The Kier molecular flexibility index (Phi) is 5.76. The maximum absolute atomic E-state index is 12.7. The summed E-state index contributed by atoms with van der Waals surface area (Å²) in [6.07, 6.45) is 0. The quantitative estimate of drug-likeness (QED) is 0.438. The lowest BCUT2D eigenvalue weighted by atomic mass is 10.1. The van der Waals surface area contributed by atoms with Crippen LogP contribution >= 0.6 is 27.7 Å². The molecule has 0 aliphatic carbocycles. The van der Waals surface area contributed by atoms with Crippen molar-refractivity contribution < 1.29 is 13.2 Å². The molecule has 2 aromatic carbocycles. The number of carbonyl (C=O) groups is 1. The Balaban J connectivity index is 1.93. The van der Waals surface area contributed by atoms with Gasteiger partial charge in [-0.25, -0.2) is 18.5 Å². The second kappa shape index (κ2) is 7.75. The fraction of sp³-hybridized carbons (Fsp3) is 0.222. The zero-order chi connectivity index (χ0) is 19.8. The number of carbonyl (C=O) groups excluding carboxylic acids is 1. The van der Waals surface area contributed by atoms with Crippen LogP contribution in [0.25, 0.3) is 11.0 Å². The summed E-state index contributed by atoms with van der Waals surface area (Å²) in [4.78, 5) is 17.2. The van der Waals surface area contributed by atoms with Crippen molar-refractivity contribution in [2.75, 3.05) is 0 Å². The van der Waals surface area contributed by atoms with Crippen molar-refractivity contribution in [2.45, 2.75) is 35.7 Å². The number of aromatic nitrogens is 2. The summed E-state index contributed by atoms with van der Waals surface area (Å²) >= 11 is 4.71. The first-order valence-corrected chi connectivity index (χ1v) is 11.4. The van der Waals surface area contributed by atoms with Crippen molar-refractivity contribution in [1.82, 2.24) is 9.55 Å². The molecular formula is C18H18BrN3O3S2. The van der Waals surface area contributed by atoms with Crippen LogP contribution in [0.2, 0.25) is 0 Å². The summed E-state index contributed by atoms with van der Waals surface area (Å²) < 4.78 is 26.0. The number of hydrogen-bond donors (Lipinski definition) is 1. The normalized spacial score (nSPS) is 13.0. The molecule has 0 spiro atoms. The molecule has 0 saturated carbocycles. The number of benzene rings is 2. The highest BCUT2D eigenvalue weighted by Crippen LogP contribution is 2.30. The van der Waals surface area contributed by atoms with Crippen LogP contribution in [0.4, 0.5) is 0 Å². The van der Waals surface area contributed by atoms with Crippen LogP contribution in [0.3, 0.4) is 0 Å². The fourth-order valence-corrected chi connectivity index (χ4v) is 4.58. The van der Waals surface area contributed by atoms with Crippen molar-refractivity contribution in [2.24, 2.45) is 5.14 Å². The molecule has 2 N–H and O–H groups in total. The molecule has 0 amide bonds. The van der Waals surface area contributed by atoms with Gasteiger partial charge in [0.2, 0.25) is 10.0 Å². The standard InChI is InChI=1S/C18H18BrN3O3S2/c1-3-22-16-9-8-14(27(20,24)25)10-15(16)21-18(22)26-11(2)17(23)12-4-6-13(19)7-5-12/h4-11H,3H2,1-2H3,(H2,20,24,25)/t11-/m1/s1. The highest BCUT2D eigenvalue weighted by molar-refractivity contribution is 9.10. The summed E-state index contributed by atoms with van der Waals surface area (Å²) in [5.74, 6) is 0.00688. The SMILES string of the molecule is CCn1c(S[C@H](C)C(=O)c2ccc(Br)cc2)nc2cc(S(N)(=O)=O)ccc21. The monoisotopic (exact) mass is 467 g/mol. The van der Waals surface area contributed by atoms with Crippen molar-refractivity contribution in [1.29, 1.82) is 0 Å². The van der Waals surface area contributed by atoms with Crippen molar-refractivity contribution in [3.05, 3.63) is 52.5 Å². The van der Waals surface area contributed by atoms with Crippen LogP contribution in [-0.4, -0.2) is 29.0 Å². The van der Waals surface area contributed by atoms with E-state index >= 15 is 0 Å². The molecule has 1 heterocycles. The predicted octanol–water partition coefficient (Wildman–Crippen LogP) is 3.83. The van der Waals surface area contributed by atoms with E-state index in [9.17, 15) is 13.2 Å². The van der Waals surface area contributed by atoms with Crippen LogP contribution in [0, 0.1) is 0 Å². The first-order valence-electron chi connectivity index (χ1n) is 8.20. The zero-order valence-electron chi connectivity index (χ0n) is 14.7. The molecule has 0 radical (unpaired) electrons. The highest BCUT2D eigenvalue weighted by atomic mass is 79.9. The van der Waals surface area contributed by atoms with Crippen LogP contribution in [0.5, 0.6) is 0 Å². The van der Waals surface area contributed by atoms with Crippen molar-refractivity contribution in [3.8, 4) is 0 Å². The second-order valence-corrected chi connectivity index (χ2v) is 9.75. The molecule has 142 valence electrons. The lowest BCUT2D eigenvalue weighted by Crippen LogP contribution is -2.14. The largest absolute Gasteiger partial charge is 0.319 e. The molecule has 3 rings (SSSR count). The molecule has 0 aliphatic heterocycles. The van der Waals surface area contributed by atoms with E-state index < -0.39 is 10.0 Å². The minimum atomic E-state index is -3.79. The number of imidazole rings is 1. The number of thioether (sulfide) groups is 1. The lowest BCUT2D eigenvalue weighted by molar-refractivity contribution is 0.0994. The third-order valence-electron chi connectivity index (χ3n) is 4.11. The number of halogens is 1. The molecule has 0 unspecified atom stereocenters. The Morgan fingerprint density at radius 1 is 1.26 bits per heavy atom. The maximum Gasteiger partial charge on any atom is 0.238 e. The van der Waals surface area contributed by atoms with Crippen LogP contribution < -0.4 is 5.14 Å². The van der Waals surface area contributed by atoms with Gasteiger partial charge < -0.3 is 4.57 Å². The second-order valence-electron chi connectivity index (χ2n) is 5.97. The molecule has 9 heteroatoms. The molecule has 1 atom stereocenters. The first kappa shape index (κ1) is 20.1. The number of nitrogens with two attached hydrogens (primary N) is 1. The van der Waals surface area contributed by atoms with E-state index in [2.05, 4.69) is 20.9 Å². The van der Waals surface area contributed by atoms with Gasteiger partial charge in [-0.3, -0.25) is 4.79 Å². The van der Waals surface area contributed by atoms with Gasteiger partial charge >= 0.3 is 0 Å². The van der Waals surface area contributed by atoms with Gasteiger partial charge in [0.1, 0.15) is 0 Å².